The average Bonchev–Trinajstić information content (AvgIpc) is 2.54. The molecule has 0 fully saturated rings. The number of aliphatic carboxylic acids is 1. The van der Waals surface area contributed by atoms with Gasteiger partial charge in [0.2, 0.25) is 0 Å². The van der Waals surface area contributed by atoms with Crippen molar-refractivity contribution in [1.82, 2.24) is 4.98 Å². The predicted octanol–water partition coefficient (Wildman–Crippen LogP) is 2.36. The van der Waals surface area contributed by atoms with E-state index in [9.17, 15) is 9.59 Å². The Balaban J connectivity index is 2.84. The number of aryl methyl sites for hydroxylation is 3. The highest BCUT2D eigenvalue weighted by atomic mass is 16.4. The van der Waals surface area contributed by atoms with Gasteiger partial charge in [0.05, 0.1) is 5.56 Å². The summed E-state index contributed by atoms with van der Waals surface area (Å²) in [5.74, 6) is -2.29. The number of aromatic nitrogens is 1. The van der Waals surface area contributed by atoms with Crippen LogP contribution in [0.4, 0.5) is 0 Å². The number of nitrogens with one attached hydrogen (secondary N) is 1. The highest BCUT2D eigenvalue weighted by molar-refractivity contribution is 6.42. The Morgan fingerprint density at radius 2 is 1.82 bits per heavy atom. The van der Waals surface area contributed by atoms with E-state index in [0.29, 0.717) is 11.1 Å². The zero-order chi connectivity index (χ0) is 12.7. The van der Waals surface area contributed by atoms with E-state index in [0.717, 1.165) is 16.6 Å². The molecule has 1 aromatic heterocycles. The summed E-state index contributed by atoms with van der Waals surface area (Å²) in [6, 6.07) is 3.83. The van der Waals surface area contributed by atoms with Gasteiger partial charge in [0, 0.05) is 16.6 Å². The number of Topliss-reactive ketones (excluding diaryl/α,β-unsaturated/α-hetero) is 1. The smallest absolute Gasteiger partial charge is 0.377 e. The second-order valence-electron chi connectivity index (χ2n) is 4.26. The van der Waals surface area contributed by atoms with Gasteiger partial charge in [-0.15, -0.1) is 0 Å². The lowest BCUT2D eigenvalue weighted by molar-refractivity contribution is -0.131. The van der Waals surface area contributed by atoms with Crippen molar-refractivity contribution in [3.05, 3.63) is 34.5 Å². The van der Waals surface area contributed by atoms with Gasteiger partial charge in [-0.25, -0.2) is 4.79 Å². The second-order valence-corrected chi connectivity index (χ2v) is 4.26. The molecule has 0 bridgehead atoms. The van der Waals surface area contributed by atoms with Crippen molar-refractivity contribution in [3.8, 4) is 0 Å². The molecule has 0 aliphatic carbocycles. The molecule has 4 heteroatoms. The van der Waals surface area contributed by atoms with Gasteiger partial charge in [-0.05, 0) is 32.4 Å². The van der Waals surface area contributed by atoms with Crippen LogP contribution in [0.15, 0.2) is 12.1 Å². The molecule has 1 heterocycles. The Kier molecular flexibility index (Phi) is 2.50. The van der Waals surface area contributed by atoms with Crippen LogP contribution in [-0.4, -0.2) is 21.8 Å². The van der Waals surface area contributed by atoms with Crippen LogP contribution in [0.3, 0.4) is 0 Å². The molecule has 0 radical (unpaired) electrons. The lowest BCUT2D eigenvalue weighted by Gasteiger charge is -2.00. The Hall–Kier alpha value is -2.10. The normalized spacial score (nSPS) is 10.8. The summed E-state index contributed by atoms with van der Waals surface area (Å²) < 4.78 is 0. The maximum absolute atomic E-state index is 11.6. The number of carbonyl (C=O) groups excluding carboxylic acids is 1. The highest BCUT2D eigenvalue weighted by Gasteiger charge is 2.22. The number of benzene rings is 1. The SMILES string of the molecule is Cc1cc(C)c2[nH]c(C)c(C(=O)C(=O)O)c2c1. The maximum Gasteiger partial charge on any atom is 0.377 e. The molecule has 4 nitrogen and oxygen atoms in total. The van der Waals surface area contributed by atoms with Gasteiger partial charge in [-0.2, -0.15) is 0 Å². The Morgan fingerprint density at radius 1 is 1.18 bits per heavy atom. The van der Waals surface area contributed by atoms with Gasteiger partial charge in [-0.3, -0.25) is 4.79 Å². The molecule has 0 aliphatic rings. The third kappa shape index (κ3) is 1.71. The van der Waals surface area contributed by atoms with E-state index in [2.05, 4.69) is 4.98 Å². The number of hydrogen-bond donors (Lipinski definition) is 2. The van der Waals surface area contributed by atoms with Crippen molar-refractivity contribution in [3.63, 3.8) is 0 Å². The van der Waals surface area contributed by atoms with Crippen LogP contribution in [0, 0.1) is 20.8 Å². The fourth-order valence-corrected chi connectivity index (χ4v) is 2.18. The number of fused-ring (bicyclic) bond motifs is 1. The minimum Gasteiger partial charge on any atom is -0.475 e. The summed E-state index contributed by atoms with van der Waals surface area (Å²) in [7, 11) is 0. The van der Waals surface area contributed by atoms with Gasteiger partial charge >= 0.3 is 5.97 Å². The molecule has 0 aliphatic heterocycles. The summed E-state index contributed by atoms with van der Waals surface area (Å²) in [5.41, 5.74) is 3.71. The van der Waals surface area contributed by atoms with Crippen LogP contribution in [0.1, 0.15) is 27.2 Å². The maximum atomic E-state index is 11.6. The molecule has 0 amide bonds. The number of rotatable bonds is 2. The first-order valence-electron chi connectivity index (χ1n) is 5.29. The summed E-state index contributed by atoms with van der Waals surface area (Å²) in [6.45, 7) is 5.56. The first-order chi connectivity index (χ1) is 7.91. The number of aromatic amines is 1. The third-order valence-corrected chi connectivity index (χ3v) is 2.86. The molecule has 0 spiro atoms. The third-order valence-electron chi connectivity index (χ3n) is 2.86. The average molecular weight is 231 g/mol. The molecule has 0 atom stereocenters. The van der Waals surface area contributed by atoms with Gasteiger partial charge < -0.3 is 10.1 Å². The molecule has 2 N–H and O–H groups in total. The lowest BCUT2D eigenvalue weighted by atomic mass is 10.0. The van der Waals surface area contributed by atoms with Crippen LogP contribution < -0.4 is 0 Å². The van der Waals surface area contributed by atoms with E-state index in [1.165, 1.54) is 0 Å². The minimum atomic E-state index is -1.42. The zero-order valence-corrected chi connectivity index (χ0v) is 9.92. The number of carboxylic acid groups (broad SMARTS) is 1. The fourth-order valence-electron chi connectivity index (χ4n) is 2.18. The Bertz CT molecular complexity index is 638. The van der Waals surface area contributed by atoms with E-state index in [-0.39, 0.29) is 5.56 Å². The summed E-state index contributed by atoms with van der Waals surface area (Å²) in [4.78, 5) is 25.5. The molecule has 0 unspecified atom stereocenters. The fraction of sp³-hybridized carbons (Fsp3) is 0.231. The zero-order valence-electron chi connectivity index (χ0n) is 9.92. The topological polar surface area (TPSA) is 70.2 Å². The quantitative estimate of drug-likeness (QED) is 0.615. The standard InChI is InChI=1S/C13H13NO3/c1-6-4-7(2)11-9(5-6)10(8(3)14-11)12(15)13(16)17/h4-5,14H,1-3H3,(H,16,17). The van der Waals surface area contributed by atoms with Gasteiger partial charge in [0.15, 0.2) is 0 Å². The molecular formula is C13H13NO3. The summed E-state index contributed by atoms with van der Waals surface area (Å²) >= 11 is 0. The van der Waals surface area contributed by atoms with E-state index in [1.54, 1.807) is 6.92 Å². The van der Waals surface area contributed by atoms with Crippen LogP contribution >= 0.6 is 0 Å². The highest BCUT2D eigenvalue weighted by Crippen LogP contribution is 2.26. The van der Waals surface area contributed by atoms with E-state index >= 15 is 0 Å². The molecule has 2 rings (SSSR count). The molecule has 0 saturated carbocycles. The van der Waals surface area contributed by atoms with E-state index < -0.39 is 11.8 Å². The van der Waals surface area contributed by atoms with Crippen LogP contribution in [0.5, 0.6) is 0 Å². The van der Waals surface area contributed by atoms with Crippen LogP contribution in [-0.2, 0) is 4.79 Å². The minimum absolute atomic E-state index is 0.263. The first kappa shape index (κ1) is 11.4. The van der Waals surface area contributed by atoms with E-state index in [1.807, 2.05) is 26.0 Å². The summed E-state index contributed by atoms with van der Waals surface area (Å²) in [5, 5.41) is 9.50. The number of hydrogen-bond acceptors (Lipinski definition) is 2. The van der Waals surface area contributed by atoms with Crippen molar-refractivity contribution in [1.29, 1.82) is 0 Å². The van der Waals surface area contributed by atoms with Crippen molar-refractivity contribution >= 4 is 22.7 Å². The number of carbonyl (C=O) groups is 2. The Morgan fingerprint density at radius 3 is 2.41 bits per heavy atom. The number of carboxylic acids is 1. The van der Waals surface area contributed by atoms with Crippen LogP contribution in [0.25, 0.3) is 10.9 Å². The van der Waals surface area contributed by atoms with Gasteiger partial charge in [-0.1, -0.05) is 11.6 Å². The number of ketones is 1. The van der Waals surface area contributed by atoms with E-state index in [4.69, 9.17) is 5.11 Å². The molecular weight excluding hydrogens is 218 g/mol. The Labute approximate surface area is 98.3 Å². The number of H-pyrrole nitrogens is 1. The first-order valence-corrected chi connectivity index (χ1v) is 5.29. The van der Waals surface area contributed by atoms with Crippen molar-refractivity contribution in [2.75, 3.05) is 0 Å². The monoisotopic (exact) mass is 231 g/mol. The summed E-state index contributed by atoms with van der Waals surface area (Å²) in [6.07, 6.45) is 0. The molecule has 17 heavy (non-hydrogen) atoms. The largest absolute Gasteiger partial charge is 0.475 e. The predicted molar refractivity (Wildman–Crippen MR) is 64.5 cm³/mol. The van der Waals surface area contributed by atoms with Crippen molar-refractivity contribution in [2.24, 2.45) is 0 Å². The van der Waals surface area contributed by atoms with Crippen molar-refractivity contribution < 1.29 is 14.7 Å². The van der Waals surface area contributed by atoms with Crippen LogP contribution in [0.2, 0.25) is 0 Å². The molecule has 88 valence electrons. The van der Waals surface area contributed by atoms with Crippen molar-refractivity contribution in [2.45, 2.75) is 20.8 Å². The molecule has 2 aromatic rings. The van der Waals surface area contributed by atoms with Gasteiger partial charge in [0.1, 0.15) is 0 Å². The second kappa shape index (κ2) is 3.73. The molecule has 0 saturated heterocycles. The lowest BCUT2D eigenvalue weighted by Crippen LogP contribution is -2.13. The van der Waals surface area contributed by atoms with Gasteiger partial charge in [0.25, 0.3) is 5.78 Å². The molecule has 1 aromatic carbocycles.